The summed E-state index contributed by atoms with van der Waals surface area (Å²) in [7, 11) is 0. The molecule has 0 radical (unpaired) electrons. The van der Waals surface area contributed by atoms with Crippen molar-refractivity contribution >= 4 is 0 Å². The van der Waals surface area contributed by atoms with Crippen LogP contribution in [0.3, 0.4) is 0 Å². The van der Waals surface area contributed by atoms with Gasteiger partial charge in [0.2, 0.25) is 0 Å². The van der Waals surface area contributed by atoms with Gasteiger partial charge in [0, 0.05) is 4.91 Å². The SMILES string of the molecule is [N-]=[N+]=N[C@H]1[C@@H](O[C@H]2[C@H](O)[C@H](OCc3ccccc3)[C@H](OCc3ccccc3)[C@@H](OCc3ccccc3)[C@@H]2OCc2ccccc2)O[C@H](COCc2ccccc2)[C@@H](O[C@H]2O[C@H](COCc3ccccc3)[C@@H](OCc3ccccc3)[C@H](OCc3ccccc3)[C@@H]2OCc2ccccc2)[C@@H]1OCc1ccccc1. The molecule has 10 aromatic rings. The van der Waals surface area contributed by atoms with E-state index in [4.69, 9.17) is 66.3 Å². The average molecular weight is 1430 g/mol. The van der Waals surface area contributed by atoms with Crippen LogP contribution in [0.4, 0.5) is 0 Å². The van der Waals surface area contributed by atoms with Gasteiger partial charge in [0.05, 0.1) is 79.3 Å². The van der Waals surface area contributed by atoms with Crippen LogP contribution in [0.15, 0.2) is 308 Å². The Morgan fingerprint density at radius 2 is 0.500 bits per heavy atom. The summed E-state index contributed by atoms with van der Waals surface area (Å²) in [6, 6.07) is 96.8. The molecule has 1 saturated carbocycles. The molecule has 0 unspecified atom stereocenters. The fourth-order valence-corrected chi connectivity index (χ4v) is 13.6. The molecule has 1 aliphatic carbocycles. The molecule has 18 heteroatoms. The lowest BCUT2D eigenvalue weighted by Crippen LogP contribution is -2.69. The number of azide groups is 1. The van der Waals surface area contributed by atoms with Gasteiger partial charge >= 0.3 is 0 Å². The van der Waals surface area contributed by atoms with Crippen LogP contribution in [0.25, 0.3) is 10.4 Å². The number of hydrogen-bond acceptors (Lipinski definition) is 16. The lowest BCUT2D eigenvalue weighted by atomic mass is 9.83. The van der Waals surface area contributed by atoms with Crippen molar-refractivity contribution in [1.29, 1.82) is 0 Å². The third-order valence-corrected chi connectivity index (χ3v) is 19.0. The molecule has 106 heavy (non-hydrogen) atoms. The van der Waals surface area contributed by atoms with Crippen molar-refractivity contribution in [3.63, 3.8) is 0 Å². The van der Waals surface area contributed by atoms with Crippen LogP contribution in [0.1, 0.15) is 55.6 Å². The molecule has 0 amide bonds. The summed E-state index contributed by atoms with van der Waals surface area (Å²) >= 11 is 0. The lowest BCUT2D eigenvalue weighted by Gasteiger charge is -2.52. The van der Waals surface area contributed by atoms with Gasteiger partial charge in [0.25, 0.3) is 0 Å². The molecule has 10 aromatic carbocycles. The minimum absolute atomic E-state index is 0.000842. The first-order valence-corrected chi connectivity index (χ1v) is 36.3. The van der Waals surface area contributed by atoms with Crippen molar-refractivity contribution in [1.82, 2.24) is 0 Å². The van der Waals surface area contributed by atoms with Crippen LogP contribution in [0, 0.1) is 0 Å². The quantitative estimate of drug-likeness (QED) is 0.0219. The van der Waals surface area contributed by atoms with Crippen molar-refractivity contribution in [3.8, 4) is 0 Å². The molecule has 18 nitrogen and oxygen atoms in total. The summed E-state index contributed by atoms with van der Waals surface area (Å²) in [6.07, 6.45) is -17.3. The lowest BCUT2D eigenvalue weighted by molar-refractivity contribution is -0.373. The van der Waals surface area contributed by atoms with Crippen molar-refractivity contribution in [3.05, 3.63) is 369 Å². The Hall–Kier alpha value is -9.09. The molecular weight excluding hydrogens is 1340 g/mol. The molecule has 2 saturated heterocycles. The Morgan fingerprint density at radius 3 is 0.830 bits per heavy atom. The Morgan fingerprint density at radius 1 is 0.264 bits per heavy atom. The van der Waals surface area contributed by atoms with Crippen LogP contribution in [0.5, 0.6) is 0 Å². The van der Waals surface area contributed by atoms with Crippen LogP contribution in [-0.2, 0) is 132 Å². The second-order valence-corrected chi connectivity index (χ2v) is 26.6. The molecule has 0 spiro atoms. The van der Waals surface area contributed by atoms with Gasteiger partial charge in [-0.25, -0.2) is 0 Å². The van der Waals surface area contributed by atoms with Crippen molar-refractivity contribution in [2.24, 2.45) is 5.11 Å². The maximum absolute atomic E-state index is 13.6. The van der Waals surface area contributed by atoms with E-state index in [0.717, 1.165) is 55.6 Å². The highest BCUT2D eigenvalue weighted by Crippen LogP contribution is 2.41. The molecule has 2 heterocycles. The van der Waals surface area contributed by atoms with E-state index in [2.05, 4.69) is 10.0 Å². The molecule has 3 aliphatic rings. The third kappa shape index (κ3) is 21.4. The number of aliphatic hydroxyl groups is 1. The van der Waals surface area contributed by atoms with Gasteiger partial charge in [-0.3, -0.25) is 0 Å². The fraction of sp³-hybridized carbons (Fsp3) is 0.318. The second-order valence-electron chi connectivity index (χ2n) is 26.6. The maximum atomic E-state index is 13.6. The van der Waals surface area contributed by atoms with Gasteiger partial charge in [-0.2, -0.15) is 0 Å². The summed E-state index contributed by atoms with van der Waals surface area (Å²) in [5, 5.41) is 18.2. The molecule has 548 valence electrons. The first kappa shape index (κ1) is 75.2. The van der Waals surface area contributed by atoms with Crippen molar-refractivity contribution in [2.75, 3.05) is 13.2 Å². The largest absolute Gasteiger partial charge is 0.387 e. The first-order chi connectivity index (χ1) is 52.5. The van der Waals surface area contributed by atoms with Crippen LogP contribution >= 0.6 is 0 Å². The predicted octanol–water partition coefficient (Wildman–Crippen LogP) is 15.4. The first-order valence-electron chi connectivity index (χ1n) is 36.3. The number of aliphatic hydroxyl groups excluding tert-OH is 1. The number of nitrogens with zero attached hydrogens (tertiary/aromatic N) is 3. The molecule has 1 N–H and O–H groups in total. The van der Waals surface area contributed by atoms with Crippen LogP contribution < -0.4 is 0 Å². The molecule has 16 atom stereocenters. The second kappa shape index (κ2) is 40.0. The summed E-state index contributed by atoms with van der Waals surface area (Å²) in [6.45, 7) is 1.17. The highest BCUT2D eigenvalue weighted by molar-refractivity contribution is 5.22. The summed E-state index contributed by atoms with van der Waals surface area (Å²) in [5.41, 5.74) is 19.9. The molecular formula is C88H91N3O15. The van der Waals surface area contributed by atoms with Crippen molar-refractivity contribution in [2.45, 2.75) is 164 Å². The van der Waals surface area contributed by atoms with Crippen LogP contribution in [-0.4, -0.2) is 116 Å². The maximum Gasteiger partial charge on any atom is 0.187 e. The zero-order chi connectivity index (χ0) is 72.2. The highest BCUT2D eigenvalue weighted by atomic mass is 16.8. The monoisotopic (exact) mass is 1430 g/mol. The van der Waals surface area contributed by atoms with E-state index in [1.807, 2.05) is 303 Å². The van der Waals surface area contributed by atoms with E-state index in [1.54, 1.807) is 0 Å². The minimum atomic E-state index is -1.54. The minimum Gasteiger partial charge on any atom is -0.387 e. The third-order valence-electron chi connectivity index (χ3n) is 19.0. The summed E-state index contributed by atoms with van der Waals surface area (Å²) < 4.78 is 101. The normalized spacial score (nSPS) is 25.1. The Kier molecular flexibility index (Phi) is 28.4. The standard InChI is InChI=1S/C88H91N3O15/c89-91-90-75-79(96-54-66-37-17-4-18-38-66)78(105-88-86(102-60-72-49-29-10-30-50-72)82(98-56-68-41-21-6-22-42-68)77(95-53-65-35-15-3-16-36-65)73(104-88)61-93-51-63-31-11-1-12-32-63)74(62-94-52-64-33-13-2-14-34-64)103-87(75)106-81-76(92)80(97-55-67-39-19-5-20-40-67)83(99-57-69-43-23-7-24-44-69)85(101-59-71-47-27-9-28-48-71)84(81)100-58-70-45-25-8-26-46-70/h1-50,73-88,92H,51-62H2/t73-,74-,75-,76-,77-,78-,79-,80+,81+,82+,83+,84-,85-,86+,87-,88-/m1/s1. The van der Waals surface area contributed by atoms with Gasteiger partial charge in [0.15, 0.2) is 12.6 Å². The summed E-state index contributed by atoms with van der Waals surface area (Å²) in [5.74, 6) is 0. The molecule has 0 aromatic heterocycles. The molecule has 13 rings (SSSR count). The van der Waals surface area contributed by atoms with Gasteiger partial charge in [0.1, 0.15) is 85.4 Å². The van der Waals surface area contributed by atoms with Gasteiger partial charge in [-0.1, -0.05) is 308 Å². The summed E-state index contributed by atoms with van der Waals surface area (Å²) in [4.78, 5) is 3.55. The molecule has 3 fully saturated rings. The van der Waals surface area contributed by atoms with E-state index in [9.17, 15) is 10.6 Å². The van der Waals surface area contributed by atoms with E-state index in [0.29, 0.717) is 0 Å². The van der Waals surface area contributed by atoms with E-state index < -0.39 is 98.0 Å². The van der Waals surface area contributed by atoms with Crippen molar-refractivity contribution < 1.29 is 71.4 Å². The Balaban J connectivity index is 0.921. The molecule has 0 bridgehead atoms. The topological polar surface area (TPSA) is 198 Å². The number of hydrogen-bond donors (Lipinski definition) is 1. The zero-order valence-corrected chi connectivity index (χ0v) is 59.1. The van der Waals surface area contributed by atoms with Gasteiger partial charge < -0.3 is 71.4 Å². The smallest absolute Gasteiger partial charge is 0.187 e. The van der Waals surface area contributed by atoms with E-state index >= 15 is 0 Å². The number of benzene rings is 10. The zero-order valence-electron chi connectivity index (χ0n) is 59.1. The number of ether oxygens (including phenoxy) is 14. The Labute approximate surface area is 620 Å². The van der Waals surface area contributed by atoms with Crippen LogP contribution in [0.2, 0.25) is 0 Å². The van der Waals surface area contributed by atoms with E-state index in [1.165, 1.54) is 0 Å². The number of rotatable bonds is 37. The predicted molar refractivity (Wildman–Crippen MR) is 398 cm³/mol. The van der Waals surface area contributed by atoms with Gasteiger partial charge in [-0.15, -0.1) is 0 Å². The molecule has 2 aliphatic heterocycles. The Bertz CT molecular complexity index is 4140. The van der Waals surface area contributed by atoms with E-state index in [-0.39, 0.29) is 79.3 Å². The average Bonchev–Trinajstić information content (AvgIpc) is 0.759. The van der Waals surface area contributed by atoms with Gasteiger partial charge in [-0.05, 0) is 61.2 Å². The fourth-order valence-electron chi connectivity index (χ4n) is 13.6. The highest BCUT2D eigenvalue weighted by Gasteiger charge is 2.59.